The lowest BCUT2D eigenvalue weighted by molar-refractivity contribution is 0.268. The highest BCUT2D eigenvalue weighted by molar-refractivity contribution is 7.90. The first-order valence-corrected chi connectivity index (χ1v) is 10.6. The first kappa shape index (κ1) is 17.5. The van der Waals surface area contributed by atoms with E-state index < -0.39 is 10.0 Å². The average molecular weight is 375 g/mol. The molecule has 2 aromatic rings. The average Bonchev–Trinajstić information content (AvgIpc) is 3.36. The Morgan fingerprint density at radius 3 is 2.54 bits per heavy atom. The zero-order valence-corrected chi connectivity index (χ0v) is 16.2. The van der Waals surface area contributed by atoms with E-state index in [0.717, 1.165) is 48.4 Å². The second kappa shape index (κ2) is 6.09. The van der Waals surface area contributed by atoms with Crippen LogP contribution in [0, 0.1) is 5.41 Å². The SMILES string of the molecule is COc1ccc(-n2ncc3c2CC(C)(C)C[C@H]3NS(=O)(=O)C2CC2)cc1. The Labute approximate surface area is 154 Å². The molecule has 1 aromatic heterocycles. The van der Waals surface area contributed by atoms with Crippen molar-refractivity contribution in [3.63, 3.8) is 0 Å². The smallest absolute Gasteiger partial charge is 0.215 e. The van der Waals surface area contributed by atoms with Gasteiger partial charge in [-0.1, -0.05) is 13.8 Å². The number of aromatic nitrogens is 2. The van der Waals surface area contributed by atoms with Gasteiger partial charge in [-0.3, -0.25) is 0 Å². The van der Waals surface area contributed by atoms with Crippen molar-refractivity contribution < 1.29 is 13.2 Å². The summed E-state index contributed by atoms with van der Waals surface area (Å²) in [5.41, 5.74) is 3.02. The summed E-state index contributed by atoms with van der Waals surface area (Å²) in [5.74, 6) is 0.796. The number of benzene rings is 1. The van der Waals surface area contributed by atoms with Gasteiger partial charge in [0.25, 0.3) is 0 Å². The maximum absolute atomic E-state index is 12.5. The number of ether oxygens (including phenoxy) is 1. The lowest BCUT2D eigenvalue weighted by Crippen LogP contribution is -2.38. The van der Waals surface area contributed by atoms with E-state index >= 15 is 0 Å². The monoisotopic (exact) mass is 375 g/mol. The Bertz CT molecular complexity index is 912. The number of nitrogens with one attached hydrogen (secondary N) is 1. The molecule has 140 valence electrons. The van der Waals surface area contributed by atoms with E-state index in [4.69, 9.17) is 4.74 Å². The number of nitrogens with zero attached hydrogens (tertiary/aromatic N) is 2. The Morgan fingerprint density at radius 1 is 1.23 bits per heavy atom. The molecule has 4 rings (SSSR count). The number of hydrogen-bond acceptors (Lipinski definition) is 4. The van der Waals surface area contributed by atoms with E-state index in [1.165, 1.54) is 0 Å². The third-order valence-corrected chi connectivity index (χ3v) is 7.23. The van der Waals surface area contributed by atoms with Crippen LogP contribution in [0.2, 0.25) is 0 Å². The van der Waals surface area contributed by atoms with Gasteiger partial charge in [0.1, 0.15) is 5.75 Å². The van der Waals surface area contributed by atoms with E-state index in [2.05, 4.69) is 23.7 Å². The highest BCUT2D eigenvalue weighted by Gasteiger charge is 2.41. The van der Waals surface area contributed by atoms with Gasteiger partial charge in [-0.05, 0) is 55.4 Å². The molecule has 1 atom stereocenters. The predicted octanol–water partition coefficient (Wildman–Crippen LogP) is 2.98. The first-order valence-electron chi connectivity index (χ1n) is 9.01. The minimum Gasteiger partial charge on any atom is -0.497 e. The van der Waals surface area contributed by atoms with E-state index in [0.29, 0.717) is 0 Å². The van der Waals surface area contributed by atoms with Crippen molar-refractivity contribution in [2.24, 2.45) is 5.41 Å². The van der Waals surface area contributed by atoms with E-state index in [1.807, 2.05) is 35.1 Å². The van der Waals surface area contributed by atoms with Crippen LogP contribution in [0.1, 0.15) is 50.4 Å². The quantitative estimate of drug-likeness (QED) is 0.872. The van der Waals surface area contributed by atoms with Crippen molar-refractivity contribution in [2.75, 3.05) is 7.11 Å². The number of hydrogen-bond donors (Lipinski definition) is 1. The molecule has 1 fully saturated rings. The second-order valence-corrected chi connectivity index (χ2v) is 10.1. The normalized spacial score (nSPS) is 22.0. The van der Waals surface area contributed by atoms with Crippen LogP contribution in [0.4, 0.5) is 0 Å². The lowest BCUT2D eigenvalue weighted by Gasteiger charge is -2.35. The number of rotatable bonds is 5. The fraction of sp³-hybridized carbons (Fsp3) is 0.526. The second-order valence-electron chi connectivity index (χ2n) is 8.12. The zero-order chi connectivity index (χ0) is 18.5. The standard InChI is InChI=1S/C19H25N3O3S/c1-19(2)10-17(21-26(23,24)15-8-9-15)16-12-20-22(18(16)11-19)13-4-6-14(25-3)7-5-13/h4-7,12,15,17,21H,8-11H2,1-3H3/t17-/m1/s1. The minimum atomic E-state index is -3.25. The molecule has 0 amide bonds. The highest BCUT2D eigenvalue weighted by atomic mass is 32.2. The topological polar surface area (TPSA) is 73.2 Å². The Balaban J connectivity index is 1.71. The van der Waals surface area contributed by atoms with Crippen LogP contribution < -0.4 is 9.46 Å². The highest BCUT2D eigenvalue weighted by Crippen LogP contribution is 2.42. The number of sulfonamides is 1. The van der Waals surface area contributed by atoms with E-state index in [1.54, 1.807) is 7.11 Å². The summed E-state index contributed by atoms with van der Waals surface area (Å²) < 4.78 is 35.1. The molecular formula is C19H25N3O3S. The maximum Gasteiger partial charge on any atom is 0.215 e. The summed E-state index contributed by atoms with van der Waals surface area (Å²) in [5, 5.41) is 4.36. The van der Waals surface area contributed by atoms with Crippen molar-refractivity contribution in [3.05, 3.63) is 41.7 Å². The molecule has 7 heteroatoms. The van der Waals surface area contributed by atoms with Crippen LogP contribution in [0.15, 0.2) is 30.5 Å². The summed E-state index contributed by atoms with van der Waals surface area (Å²) in [6, 6.07) is 7.54. The molecule has 0 saturated heterocycles. The Morgan fingerprint density at radius 2 is 1.92 bits per heavy atom. The van der Waals surface area contributed by atoms with Gasteiger partial charge in [-0.25, -0.2) is 17.8 Å². The van der Waals surface area contributed by atoms with Gasteiger partial charge in [0.05, 0.1) is 30.3 Å². The van der Waals surface area contributed by atoms with Crippen LogP contribution in [0.5, 0.6) is 5.75 Å². The Hall–Kier alpha value is -1.86. The van der Waals surface area contributed by atoms with Crippen LogP contribution >= 0.6 is 0 Å². The molecule has 0 spiro atoms. The molecule has 2 aliphatic carbocycles. The molecule has 1 heterocycles. The number of methoxy groups -OCH3 is 1. The molecule has 1 N–H and O–H groups in total. The summed E-state index contributed by atoms with van der Waals surface area (Å²) >= 11 is 0. The zero-order valence-electron chi connectivity index (χ0n) is 15.4. The molecule has 2 aliphatic rings. The van der Waals surface area contributed by atoms with Gasteiger partial charge < -0.3 is 4.74 Å². The summed E-state index contributed by atoms with van der Waals surface area (Å²) in [4.78, 5) is 0. The fourth-order valence-electron chi connectivity index (χ4n) is 3.77. The lowest BCUT2D eigenvalue weighted by atomic mass is 9.74. The van der Waals surface area contributed by atoms with Gasteiger partial charge in [-0.15, -0.1) is 0 Å². The third kappa shape index (κ3) is 3.25. The molecule has 0 unspecified atom stereocenters. The Kier molecular flexibility index (Phi) is 4.11. The van der Waals surface area contributed by atoms with Crippen molar-refractivity contribution in [1.29, 1.82) is 0 Å². The van der Waals surface area contributed by atoms with Crippen molar-refractivity contribution in [3.8, 4) is 11.4 Å². The maximum atomic E-state index is 12.5. The van der Waals surface area contributed by atoms with Crippen molar-refractivity contribution >= 4 is 10.0 Å². The van der Waals surface area contributed by atoms with Gasteiger partial charge in [0, 0.05) is 11.3 Å². The van der Waals surface area contributed by atoms with Gasteiger partial charge in [0.15, 0.2) is 0 Å². The minimum absolute atomic E-state index is 0.00596. The van der Waals surface area contributed by atoms with Crippen molar-refractivity contribution in [2.45, 2.75) is 50.8 Å². The molecule has 1 saturated carbocycles. The molecule has 0 bridgehead atoms. The molecule has 6 nitrogen and oxygen atoms in total. The van der Waals surface area contributed by atoms with Crippen LogP contribution in [-0.2, 0) is 16.4 Å². The molecular weight excluding hydrogens is 350 g/mol. The van der Waals surface area contributed by atoms with Gasteiger partial charge in [0.2, 0.25) is 10.0 Å². The third-order valence-electron chi connectivity index (χ3n) is 5.27. The predicted molar refractivity (Wildman–Crippen MR) is 100 cm³/mol. The molecule has 0 radical (unpaired) electrons. The van der Waals surface area contributed by atoms with Crippen LogP contribution in [0.25, 0.3) is 5.69 Å². The van der Waals surface area contributed by atoms with Crippen LogP contribution in [0.3, 0.4) is 0 Å². The van der Waals surface area contributed by atoms with Crippen LogP contribution in [-0.4, -0.2) is 30.6 Å². The largest absolute Gasteiger partial charge is 0.497 e. The van der Waals surface area contributed by atoms with Gasteiger partial charge >= 0.3 is 0 Å². The summed E-state index contributed by atoms with van der Waals surface area (Å²) in [6.07, 6.45) is 4.98. The molecule has 26 heavy (non-hydrogen) atoms. The van der Waals surface area contributed by atoms with Gasteiger partial charge in [-0.2, -0.15) is 5.10 Å². The van der Waals surface area contributed by atoms with E-state index in [9.17, 15) is 8.42 Å². The summed E-state index contributed by atoms with van der Waals surface area (Å²) in [6.45, 7) is 4.36. The summed E-state index contributed by atoms with van der Waals surface area (Å²) in [7, 11) is -1.60. The van der Waals surface area contributed by atoms with E-state index in [-0.39, 0.29) is 16.7 Å². The van der Waals surface area contributed by atoms with Crippen molar-refractivity contribution in [1.82, 2.24) is 14.5 Å². The molecule has 1 aromatic carbocycles. The number of fused-ring (bicyclic) bond motifs is 1. The molecule has 0 aliphatic heterocycles. The fourth-order valence-corrected chi connectivity index (χ4v) is 5.32. The first-order chi connectivity index (χ1) is 12.3.